The molecule has 0 fully saturated rings. The highest BCUT2D eigenvalue weighted by molar-refractivity contribution is 6.60. The average Bonchev–Trinajstić information content (AvgIpc) is 2.30. The molecular weight excluding hydrogens is 214 g/mol. The van der Waals surface area contributed by atoms with E-state index in [9.17, 15) is 4.79 Å². The van der Waals surface area contributed by atoms with Crippen LogP contribution in [-0.2, 0) is 18.1 Å². The molecule has 15 heavy (non-hydrogen) atoms. The Kier molecular flexibility index (Phi) is 6.74. The van der Waals surface area contributed by atoms with Crippen LogP contribution >= 0.6 is 0 Å². The van der Waals surface area contributed by atoms with Crippen molar-refractivity contribution in [2.75, 3.05) is 34.9 Å². The molecule has 0 saturated heterocycles. The molecule has 6 heteroatoms. The molecule has 0 atom stereocenters. The minimum absolute atomic E-state index is 0.112. The molecule has 0 bridgehead atoms. The second kappa shape index (κ2) is 6.94. The molecule has 0 heterocycles. The van der Waals surface area contributed by atoms with Crippen molar-refractivity contribution in [1.82, 2.24) is 4.90 Å². The molecule has 0 aromatic heterocycles. The van der Waals surface area contributed by atoms with E-state index in [2.05, 4.69) is 0 Å². The molecule has 0 aliphatic rings. The van der Waals surface area contributed by atoms with Gasteiger partial charge in [-0.1, -0.05) is 6.92 Å². The number of nitrogens with zero attached hydrogens (tertiary/aromatic N) is 1. The summed E-state index contributed by atoms with van der Waals surface area (Å²) in [5.74, 6) is 0.112. The predicted octanol–water partition coefficient (Wildman–Crippen LogP) is 0.733. The maximum atomic E-state index is 11.3. The van der Waals surface area contributed by atoms with Crippen molar-refractivity contribution in [2.24, 2.45) is 0 Å². The van der Waals surface area contributed by atoms with Crippen molar-refractivity contribution in [3.8, 4) is 0 Å². The second-order valence-corrected chi connectivity index (χ2v) is 6.31. The number of amides is 1. The molecule has 90 valence electrons. The first-order chi connectivity index (χ1) is 7.05. The van der Waals surface area contributed by atoms with E-state index >= 15 is 0 Å². The zero-order chi connectivity index (χ0) is 11.9. The highest BCUT2D eigenvalue weighted by atomic mass is 28.4. The summed E-state index contributed by atoms with van der Waals surface area (Å²) in [6.45, 7) is 2.43. The van der Waals surface area contributed by atoms with Gasteiger partial charge in [-0.2, -0.15) is 0 Å². The van der Waals surface area contributed by atoms with Gasteiger partial charge in [-0.05, 0) is 0 Å². The van der Waals surface area contributed by atoms with Gasteiger partial charge in [0, 0.05) is 47.4 Å². The van der Waals surface area contributed by atoms with Crippen molar-refractivity contribution < 1.29 is 18.1 Å². The zero-order valence-electron chi connectivity index (χ0n) is 10.2. The SMILES string of the molecule is CCC(=O)N(C)CC[Si](OC)(OC)OC. The first-order valence-electron chi connectivity index (χ1n) is 4.94. The zero-order valence-corrected chi connectivity index (χ0v) is 11.2. The van der Waals surface area contributed by atoms with Gasteiger partial charge in [-0.25, -0.2) is 0 Å². The third kappa shape index (κ3) is 4.29. The molecular formula is C9H21NO4Si. The smallest absolute Gasteiger partial charge is 0.377 e. The Morgan fingerprint density at radius 3 is 2.00 bits per heavy atom. The molecule has 0 spiro atoms. The van der Waals surface area contributed by atoms with E-state index in [0.29, 0.717) is 19.0 Å². The summed E-state index contributed by atoms with van der Waals surface area (Å²) < 4.78 is 15.8. The Morgan fingerprint density at radius 2 is 1.67 bits per heavy atom. The minimum atomic E-state index is -2.53. The Balaban J connectivity index is 4.16. The Bertz CT molecular complexity index is 188. The Labute approximate surface area is 92.7 Å². The summed E-state index contributed by atoms with van der Waals surface area (Å²) in [5.41, 5.74) is 0. The van der Waals surface area contributed by atoms with Gasteiger partial charge in [0.15, 0.2) is 0 Å². The highest BCUT2D eigenvalue weighted by Crippen LogP contribution is 2.12. The minimum Gasteiger partial charge on any atom is -0.377 e. The van der Waals surface area contributed by atoms with Crippen LogP contribution in [-0.4, -0.2) is 54.5 Å². The van der Waals surface area contributed by atoms with Crippen LogP contribution in [0, 0.1) is 0 Å². The number of carbonyl (C=O) groups is 1. The van der Waals surface area contributed by atoms with Crippen molar-refractivity contribution in [1.29, 1.82) is 0 Å². The van der Waals surface area contributed by atoms with Crippen LogP contribution < -0.4 is 0 Å². The fourth-order valence-corrected chi connectivity index (χ4v) is 2.98. The molecule has 0 aliphatic carbocycles. The molecule has 1 amide bonds. The molecule has 0 aromatic carbocycles. The van der Waals surface area contributed by atoms with E-state index in [1.165, 1.54) is 0 Å². The lowest BCUT2D eigenvalue weighted by Crippen LogP contribution is -2.45. The van der Waals surface area contributed by atoms with E-state index in [1.807, 2.05) is 6.92 Å². The fourth-order valence-electron chi connectivity index (χ4n) is 1.26. The van der Waals surface area contributed by atoms with E-state index in [1.54, 1.807) is 33.3 Å². The third-order valence-corrected chi connectivity index (χ3v) is 5.12. The molecule has 0 aliphatic heterocycles. The molecule has 5 nitrogen and oxygen atoms in total. The van der Waals surface area contributed by atoms with Crippen molar-refractivity contribution in [3.05, 3.63) is 0 Å². The average molecular weight is 235 g/mol. The summed E-state index contributed by atoms with van der Waals surface area (Å²) >= 11 is 0. The monoisotopic (exact) mass is 235 g/mol. The first-order valence-corrected chi connectivity index (χ1v) is 6.87. The largest absolute Gasteiger partial charge is 0.501 e. The normalized spacial score (nSPS) is 11.5. The Hall–Kier alpha value is -0.433. The molecule has 0 unspecified atom stereocenters. The van der Waals surface area contributed by atoms with Crippen molar-refractivity contribution in [2.45, 2.75) is 19.4 Å². The summed E-state index contributed by atoms with van der Waals surface area (Å²) in [5, 5.41) is 0. The summed E-state index contributed by atoms with van der Waals surface area (Å²) in [4.78, 5) is 13.0. The van der Waals surface area contributed by atoms with Gasteiger partial charge >= 0.3 is 8.80 Å². The Morgan fingerprint density at radius 1 is 1.20 bits per heavy atom. The highest BCUT2D eigenvalue weighted by Gasteiger charge is 2.37. The van der Waals surface area contributed by atoms with Gasteiger partial charge in [-0.15, -0.1) is 0 Å². The lowest BCUT2D eigenvalue weighted by atomic mass is 10.4. The predicted molar refractivity (Wildman–Crippen MR) is 59.5 cm³/mol. The third-order valence-electron chi connectivity index (χ3n) is 2.41. The van der Waals surface area contributed by atoms with E-state index in [0.717, 1.165) is 0 Å². The molecule has 0 N–H and O–H groups in total. The van der Waals surface area contributed by atoms with Gasteiger partial charge in [0.05, 0.1) is 0 Å². The second-order valence-electron chi connectivity index (χ2n) is 3.21. The topological polar surface area (TPSA) is 48.0 Å². The van der Waals surface area contributed by atoms with Crippen LogP contribution in [0.15, 0.2) is 0 Å². The molecule has 0 radical (unpaired) electrons. The van der Waals surface area contributed by atoms with Crippen LogP contribution in [0.3, 0.4) is 0 Å². The fraction of sp³-hybridized carbons (Fsp3) is 0.889. The van der Waals surface area contributed by atoms with Gasteiger partial charge < -0.3 is 18.2 Å². The van der Waals surface area contributed by atoms with Crippen LogP contribution in [0.1, 0.15) is 13.3 Å². The molecule has 0 aromatic rings. The van der Waals surface area contributed by atoms with Gasteiger partial charge in [0.2, 0.25) is 5.91 Å². The summed E-state index contributed by atoms with van der Waals surface area (Å²) in [6.07, 6.45) is 0.512. The standard InChI is InChI=1S/C9H21NO4Si/c1-6-9(11)10(2)7-8-15(12-3,13-4)14-5/h6-8H2,1-5H3. The number of rotatable bonds is 7. The maximum Gasteiger partial charge on any atom is 0.501 e. The first kappa shape index (κ1) is 14.6. The molecule has 0 rings (SSSR count). The van der Waals surface area contributed by atoms with Gasteiger partial charge in [0.1, 0.15) is 0 Å². The quantitative estimate of drug-likeness (QED) is 0.610. The lowest BCUT2D eigenvalue weighted by molar-refractivity contribution is -0.129. The van der Waals surface area contributed by atoms with E-state index in [4.69, 9.17) is 13.3 Å². The van der Waals surface area contributed by atoms with Gasteiger partial charge in [-0.3, -0.25) is 4.79 Å². The van der Waals surface area contributed by atoms with E-state index in [-0.39, 0.29) is 5.91 Å². The van der Waals surface area contributed by atoms with Crippen LogP contribution in [0.2, 0.25) is 6.04 Å². The van der Waals surface area contributed by atoms with Crippen molar-refractivity contribution in [3.63, 3.8) is 0 Å². The summed E-state index contributed by atoms with van der Waals surface area (Å²) in [7, 11) is 3.95. The van der Waals surface area contributed by atoms with Crippen LogP contribution in [0.5, 0.6) is 0 Å². The van der Waals surface area contributed by atoms with Crippen molar-refractivity contribution >= 4 is 14.7 Å². The maximum absolute atomic E-state index is 11.3. The summed E-state index contributed by atoms with van der Waals surface area (Å²) in [6, 6.07) is 0.610. The molecule has 0 saturated carbocycles. The number of hydrogen-bond acceptors (Lipinski definition) is 4. The van der Waals surface area contributed by atoms with Crippen LogP contribution in [0.25, 0.3) is 0 Å². The van der Waals surface area contributed by atoms with Crippen LogP contribution in [0.4, 0.5) is 0 Å². The van der Waals surface area contributed by atoms with E-state index < -0.39 is 8.80 Å². The number of carbonyl (C=O) groups excluding carboxylic acids is 1. The lowest BCUT2D eigenvalue weighted by Gasteiger charge is -2.26. The number of hydrogen-bond donors (Lipinski definition) is 0. The van der Waals surface area contributed by atoms with Gasteiger partial charge in [0.25, 0.3) is 0 Å².